The van der Waals surface area contributed by atoms with Gasteiger partial charge >= 0.3 is 0 Å². The molecule has 2 heterocycles. The van der Waals surface area contributed by atoms with Crippen LogP contribution >= 0.6 is 0 Å². The molecule has 0 amide bonds. The molecule has 130 valence electrons. The van der Waals surface area contributed by atoms with Crippen LogP contribution in [0.3, 0.4) is 0 Å². The van der Waals surface area contributed by atoms with E-state index in [-0.39, 0.29) is 6.10 Å². The van der Waals surface area contributed by atoms with E-state index in [1.54, 1.807) is 0 Å². The molecule has 4 heteroatoms. The molecular formula is C20H29N3O. The minimum Gasteiger partial charge on any atom is -0.491 e. The monoisotopic (exact) mass is 327 g/mol. The van der Waals surface area contributed by atoms with Crippen molar-refractivity contribution in [2.45, 2.75) is 39.7 Å². The van der Waals surface area contributed by atoms with Crippen LogP contribution in [0.15, 0.2) is 30.5 Å². The zero-order valence-electron chi connectivity index (χ0n) is 15.1. The summed E-state index contributed by atoms with van der Waals surface area (Å²) in [5.74, 6) is 1.63. The minimum absolute atomic E-state index is 0.179. The Kier molecular flexibility index (Phi) is 5.56. The number of anilines is 1. The third-order valence-electron chi connectivity index (χ3n) is 4.72. The number of nitrogens with zero attached hydrogens (tertiary/aromatic N) is 2. The maximum Gasteiger partial charge on any atom is 0.120 e. The number of ether oxygens (including phenoxy) is 1. The Bertz CT molecular complexity index is 671. The Balaban J connectivity index is 1.73. The number of benzene rings is 1. The fourth-order valence-electron chi connectivity index (χ4n) is 3.48. The number of piperidine rings is 1. The van der Waals surface area contributed by atoms with E-state index in [9.17, 15) is 0 Å². The molecule has 2 aromatic rings. The molecule has 1 atom stereocenters. The van der Waals surface area contributed by atoms with Crippen molar-refractivity contribution < 1.29 is 4.74 Å². The first kappa shape index (κ1) is 17.0. The van der Waals surface area contributed by atoms with Crippen LogP contribution in [0.25, 0.3) is 10.9 Å². The summed E-state index contributed by atoms with van der Waals surface area (Å²) in [6.07, 6.45) is 4.68. The van der Waals surface area contributed by atoms with Gasteiger partial charge in [-0.2, -0.15) is 0 Å². The molecule has 0 bridgehead atoms. The third-order valence-corrected chi connectivity index (χ3v) is 4.72. The highest BCUT2D eigenvalue weighted by molar-refractivity contribution is 5.92. The van der Waals surface area contributed by atoms with Crippen molar-refractivity contribution in [3.63, 3.8) is 0 Å². The van der Waals surface area contributed by atoms with E-state index in [2.05, 4.69) is 48.1 Å². The SMILES string of the molecule is CCN1CCCC(CNc2ccnc3ccc(OC(C)C)cc23)C1. The van der Waals surface area contributed by atoms with E-state index < -0.39 is 0 Å². The molecule has 0 saturated carbocycles. The summed E-state index contributed by atoms with van der Waals surface area (Å²) in [5, 5.41) is 4.80. The Hall–Kier alpha value is -1.81. The first-order valence-electron chi connectivity index (χ1n) is 9.17. The molecule has 3 rings (SSSR count). The van der Waals surface area contributed by atoms with Crippen molar-refractivity contribution in [2.24, 2.45) is 5.92 Å². The van der Waals surface area contributed by atoms with E-state index in [4.69, 9.17) is 4.74 Å². The highest BCUT2D eigenvalue weighted by Gasteiger charge is 2.18. The maximum absolute atomic E-state index is 5.84. The number of hydrogen-bond acceptors (Lipinski definition) is 4. The molecule has 1 aromatic heterocycles. The van der Waals surface area contributed by atoms with Crippen LogP contribution in [-0.2, 0) is 0 Å². The van der Waals surface area contributed by atoms with Crippen LogP contribution in [0.5, 0.6) is 5.75 Å². The van der Waals surface area contributed by atoms with Gasteiger partial charge in [-0.1, -0.05) is 6.92 Å². The van der Waals surface area contributed by atoms with Crippen molar-refractivity contribution in [1.29, 1.82) is 0 Å². The lowest BCUT2D eigenvalue weighted by atomic mass is 9.98. The standard InChI is InChI=1S/C20H29N3O/c1-4-23-11-5-6-16(14-23)13-22-20-9-10-21-19-8-7-17(12-18(19)20)24-15(2)3/h7-10,12,15-16H,4-6,11,13-14H2,1-3H3,(H,21,22). The first-order valence-corrected chi connectivity index (χ1v) is 9.17. The predicted octanol–water partition coefficient (Wildman–Crippen LogP) is 4.17. The second-order valence-corrected chi connectivity index (χ2v) is 6.99. The molecule has 1 fully saturated rings. The molecule has 1 aliphatic rings. The van der Waals surface area contributed by atoms with Gasteiger partial charge in [0.05, 0.1) is 11.6 Å². The average Bonchev–Trinajstić information content (AvgIpc) is 2.59. The summed E-state index contributed by atoms with van der Waals surface area (Å²) in [6, 6.07) is 8.21. The Morgan fingerprint density at radius 1 is 1.33 bits per heavy atom. The second-order valence-electron chi connectivity index (χ2n) is 6.99. The normalized spacial score (nSPS) is 18.9. The molecule has 0 aliphatic carbocycles. The van der Waals surface area contributed by atoms with Gasteiger partial charge in [0, 0.05) is 30.4 Å². The molecule has 24 heavy (non-hydrogen) atoms. The van der Waals surface area contributed by atoms with E-state index in [1.165, 1.54) is 25.9 Å². The number of likely N-dealkylation sites (tertiary alicyclic amines) is 1. The summed E-state index contributed by atoms with van der Waals surface area (Å²) in [7, 11) is 0. The van der Waals surface area contributed by atoms with Crippen LogP contribution in [0.4, 0.5) is 5.69 Å². The predicted molar refractivity (Wildman–Crippen MR) is 101 cm³/mol. The zero-order chi connectivity index (χ0) is 16.9. The molecule has 1 unspecified atom stereocenters. The van der Waals surface area contributed by atoms with Gasteiger partial charge in [0.25, 0.3) is 0 Å². The Morgan fingerprint density at radius 2 is 2.21 bits per heavy atom. The van der Waals surface area contributed by atoms with Gasteiger partial charge in [-0.3, -0.25) is 4.98 Å². The molecule has 1 saturated heterocycles. The highest BCUT2D eigenvalue weighted by atomic mass is 16.5. The van der Waals surface area contributed by atoms with Crippen molar-refractivity contribution in [3.05, 3.63) is 30.5 Å². The van der Waals surface area contributed by atoms with Crippen molar-refractivity contribution in [1.82, 2.24) is 9.88 Å². The van der Waals surface area contributed by atoms with Crippen LogP contribution in [0, 0.1) is 5.92 Å². The van der Waals surface area contributed by atoms with E-state index in [0.29, 0.717) is 0 Å². The van der Waals surface area contributed by atoms with Gasteiger partial charge in [-0.25, -0.2) is 0 Å². The van der Waals surface area contributed by atoms with E-state index in [0.717, 1.165) is 41.3 Å². The lowest BCUT2D eigenvalue weighted by molar-refractivity contribution is 0.189. The number of pyridine rings is 1. The van der Waals surface area contributed by atoms with Crippen LogP contribution in [0.2, 0.25) is 0 Å². The third kappa shape index (κ3) is 4.18. The number of rotatable bonds is 6. The average molecular weight is 327 g/mol. The number of hydrogen-bond donors (Lipinski definition) is 1. The summed E-state index contributed by atoms with van der Waals surface area (Å²) in [6.45, 7) is 11.0. The van der Waals surface area contributed by atoms with Crippen LogP contribution in [0.1, 0.15) is 33.6 Å². The van der Waals surface area contributed by atoms with Crippen molar-refractivity contribution in [3.8, 4) is 5.75 Å². The van der Waals surface area contributed by atoms with Crippen LogP contribution < -0.4 is 10.1 Å². The van der Waals surface area contributed by atoms with Gasteiger partial charge < -0.3 is 15.0 Å². The second kappa shape index (κ2) is 7.84. The van der Waals surface area contributed by atoms with Gasteiger partial charge in [-0.15, -0.1) is 0 Å². The Labute approximate surface area is 145 Å². The van der Waals surface area contributed by atoms with Crippen LogP contribution in [-0.4, -0.2) is 42.2 Å². The quantitative estimate of drug-likeness (QED) is 0.864. The fourth-order valence-corrected chi connectivity index (χ4v) is 3.48. The molecule has 1 aliphatic heterocycles. The lowest BCUT2D eigenvalue weighted by Crippen LogP contribution is -2.37. The molecule has 1 N–H and O–H groups in total. The summed E-state index contributed by atoms with van der Waals surface area (Å²) < 4.78 is 5.84. The molecule has 0 spiro atoms. The Morgan fingerprint density at radius 3 is 3.00 bits per heavy atom. The van der Waals surface area contributed by atoms with Gasteiger partial charge in [0.15, 0.2) is 0 Å². The minimum atomic E-state index is 0.179. The zero-order valence-corrected chi connectivity index (χ0v) is 15.1. The summed E-state index contributed by atoms with van der Waals surface area (Å²) >= 11 is 0. The topological polar surface area (TPSA) is 37.4 Å². The molecule has 0 radical (unpaired) electrons. The van der Waals surface area contributed by atoms with Crippen molar-refractivity contribution in [2.75, 3.05) is 31.5 Å². The summed E-state index contributed by atoms with van der Waals surface area (Å²) in [5.41, 5.74) is 2.16. The van der Waals surface area contributed by atoms with E-state index in [1.807, 2.05) is 18.3 Å². The van der Waals surface area contributed by atoms with Gasteiger partial charge in [-0.05, 0) is 70.0 Å². The maximum atomic E-state index is 5.84. The van der Waals surface area contributed by atoms with Gasteiger partial charge in [0.2, 0.25) is 0 Å². The van der Waals surface area contributed by atoms with Gasteiger partial charge in [0.1, 0.15) is 5.75 Å². The largest absolute Gasteiger partial charge is 0.491 e. The molecule has 1 aromatic carbocycles. The number of aromatic nitrogens is 1. The smallest absolute Gasteiger partial charge is 0.120 e. The number of fused-ring (bicyclic) bond motifs is 1. The molecule has 4 nitrogen and oxygen atoms in total. The fraction of sp³-hybridized carbons (Fsp3) is 0.550. The van der Waals surface area contributed by atoms with E-state index >= 15 is 0 Å². The summed E-state index contributed by atoms with van der Waals surface area (Å²) in [4.78, 5) is 7.03. The van der Waals surface area contributed by atoms with Crippen molar-refractivity contribution >= 4 is 16.6 Å². The highest BCUT2D eigenvalue weighted by Crippen LogP contribution is 2.27. The number of nitrogens with one attached hydrogen (secondary N) is 1. The first-order chi connectivity index (χ1) is 11.7. The molecular weight excluding hydrogens is 298 g/mol. The lowest BCUT2D eigenvalue weighted by Gasteiger charge is -2.32.